The van der Waals surface area contributed by atoms with Crippen molar-refractivity contribution in [2.75, 3.05) is 25.0 Å². The van der Waals surface area contributed by atoms with Crippen LogP contribution in [-0.2, 0) is 0 Å². The number of hydrogen-bond acceptors (Lipinski definition) is 2. The van der Waals surface area contributed by atoms with Gasteiger partial charge in [0.2, 0.25) is 0 Å². The minimum Gasteiger partial charge on any atom is -0.338 e. The fourth-order valence-electron chi connectivity index (χ4n) is 6.75. The summed E-state index contributed by atoms with van der Waals surface area (Å²) in [5, 5.41) is 10.2. The quantitative estimate of drug-likeness (QED) is 0.578. The monoisotopic (exact) mass is 464 g/mol. The maximum atomic E-state index is 12.7. The van der Waals surface area contributed by atoms with Gasteiger partial charge in [-0.2, -0.15) is 0 Å². The minimum atomic E-state index is -0.176. The molecule has 1 saturated heterocycles. The van der Waals surface area contributed by atoms with E-state index in [1.807, 2.05) is 0 Å². The number of rotatable bonds is 4. The Kier molecular flexibility index (Phi) is 5.72. The highest BCUT2D eigenvalue weighted by Crippen LogP contribution is 2.55. The van der Waals surface area contributed by atoms with Crippen LogP contribution in [0.4, 0.5) is 15.3 Å². The molecular weight excluding hydrogens is 435 g/mol. The van der Waals surface area contributed by atoms with Crippen molar-refractivity contribution >= 4 is 41.0 Å². The van der Waals surface area contributed by atoms with Crippen LogP contribution in [0.15, 0.2) is 18.2 Å². The number of nitrogens with one attached hydrogen (secondary N) is 3. The van der Waals surface area contributed by atoms with Gasteiger partial charge in [-0.25, -0.2) is 9.59 Å². The summed E-state index contributed by atoms with van der Waals surface area (Å²) in [6, 6.07) is 4.79. The molecule has 1 aromatic rings. The largest absolute Gasteiger partial charge is 0.338 e. The highest BCUT2D eigenvalue weighted by Gasteiger charge is 2.51. The molecule has 31 heavy (non-hydrogen) atoms. The van der Waals surface area contributed by atoms with Crippen molar-refractivity contribution in [2.24, 2.45) is 23.7 Å². The first-order valence-electron chi connectivity index (χ1n) is 11.4. The summed E-state index contributed by atoms with van der Waals surface area (Å²) in [5.41, 5.74) is 0.575. The molecule has 3 N–H and O–H groups in total. The van der Waals surface area contributed by atoms with Gasteiger partial charge in [-0.15, -0.1) is 0 Å². The predicted octanol–water partition coefficient (Wildman–Crippen LogP) is 5.12. The number of likely N-dealkylation sites (tertiary alicyclic amines) is 1. The van der Waals surface area contributed by atoms with Gasteiger partial charge in [0, 0.05) is 30.2 Å². The Labute approximate surface area is 193 Å². The second kappa shape index (κ2) is 8.36. The molecule has 1 atom stereocenters. The third kappa shape index (κ3) is 4.61. The Morgan fingerprint density at radius 3 is 2.39 bits per heavy atom. The van der Waals surface area contributed by atoms with Crippen molar-refractivity contribution in [1.29, 1.82) is 0 Å². The summed E-state index contributed by atoms with van der Waals surface area (Å²) in [6.07, 6.45) is 8.42. The molecule has 0 spiro atoms. The van der Waals surface area contributed by atoms with E-state index in [4.69, 9.17) is 23.2 Å². The molecule has 4 saturated carbocycles. The molecule has 4 bridgehead atoms. The van der Waals surface area contributed by atoms with Crippen LogP contribution < -0.4 is 16.0 Å². The number of carbonyl (C=O) groups excluding carboxylic acids is 2. The third-order valence-electron chi connectivity index (χ3n) is 7.71. The van der Waals surface area contributed by atoms with Crippen LogP contribution in [0.3, 0.4) is 0 Å². The number of halogens is 2. The maximum Gasteiger partial charge on any atom is 0.321 e. The van der Waals surface area contributed by atoms with Gasteiger partial charge in [-0.3, -0.25) is 0 Å². The first kappa shape index (κ1) is 21.2. The van der Waals surface area contributed by atoms with Crippen LogP contribution in [0, 0.1) is 23.7 Å². The van der Waals surface area contributed by atoms with E-state index in [1.165, 1.54) is 19.3 Å². The number of carbonyl (C=O) groups is 2. The van der Waals surface area contributed by atoms with Gasteiger partial charge in [-0.1, -0.05) is 23.2 Å². The summed E-state index contributed by atoms with van der Waals surface area (Å²) in [6.45, 7) is 1.87. The second-order valence-electron chi connectivity index (χ2n) is 10.2. The topological polar surface area (TPSA) is 73.5 Å². The summed E-state index contributed by atoms with van der Waals surface area (Å²) in [4.78, 5) is 27.0. The van der Waals surface area contributed by atoms with E-state index in [0.29, 0.717) is 35.4 Å². The van der Waals surface area contributed by atoms with Gasteiger partial charge in [0.05, 0.1) is 10.7 Å². The minimum absolute atomic E-state index is 0.0261. The van der Waals surface area contributed by atoms with Crippen molar-refractivity contribution in [3.05, 3.63) is 28.2 Å². The Hall–Kier alpha value is -1.66. The number of amides is 4. The SMILES string of the molecule is O=C(NCC1CCN(C(=O)Nc2ccc(Cl)cc2Cl)C1)NC12CC3CC(CC(C3)C1)C2. The average Bonchev–Trinajstić information content (AvgIpc) is 3.16. The van der Waals surface area contributed by atoms with Gasteiger partial charge in [0.25, 0.3) is 0 Å². The molecule has 168 valence electrons. The molecule has 8 heteroatoms. The molecule has 4 aliphatic carbocycles. The van der Waals surface area contributed by atoms with Crippen LogP contribution in [0.2, 0.25) is 10.0 Å². The Morgan fingerprint density at radius 2 is 1.74 bits per heavy atom. The van der Waals surface area contributed by atoms with Crippen molar-refractivity contribution in [1.82, 2.24) is 15.5 Å². The summed E-state index contributed by atoms with van der Waals surface area (Å²) < 4.78 is 0. The van der Waals surface area contributed by atoms with Gasteiger partial charge < -0.3 is 20.9 Å². The van der Waals surface area contributed by atoms with Gasteiger partial charge in [-0.05, 0) is 86.8 Å². The first-order chi connectivity index (χ1) is 14.9. The number of benzene rings is 1. The molecule has 0 radical (unpaired) electrons. The van der Waals surface area contributed by atoms with Crippen molar-refractivity contribution < 1.29 is 9.59 Å². The van der Waals surface area contributed by atoms with Crippen LogP contribution in [0.5, 0.6) is 0 Å². The fourth-order valence-corrected chi connectivity index (χ4v) is 7.21. The van der Waals surface area contributed by atoms with Gasteiger partial charge in [0.15, 0.2) is 0 Å². The number of urea groups is 2. The molecule has 0 aromatic heterocycles. The summed E-state index contributed by atoms with van der Waals surface area (Å²) in [7, 11) is 0. The zero-order valence-electron chi connectivity index (χ0n) is 17.6. The lowest BCUT2D eigenvalue weighted by atomic mass is 9.53. The Bertz CT molecular complexity index is 842. The number of anilines is 1. The molecule has 5 aliphatic rings. The predicted molar refractivity (Wildman–Crippen MR) is 123 cm³/mol. The molecule has 1 heterocycles. The van der Waals surface area contributed by atoms with Crippen LogP contribution in [-0.4, -0.2) is 42.1 Å². The lowest BCUT2D eigenvalue weighted by Crippen LogP contribution is -2.61. The smallest absolute Gasteiger partial charge is 0.321 e. The normalized spacial score (nSPS) is 33.4. The highest BCUT2D eigenvalue weighted by atomic mass is 35.5. The van der Waals surface area contributed by atoms with Crippen molar-refractivity contribution in [3.63, 3.8) is 0 Å². The Morgan fingerprint density at radius 1 is 1.06 bits per heavy atom. The van der Waals surface area contributed by atoms with E-state index in [2.05, 4.69) is 16.0 Å². The van der Waals surface area contributed by atoms with Crippen LogP contribution in [0.1, 0.15) is 44.9 Å². The molecule has 1 aliphatic heterocycles. The second-order valence-corrected chi connectivity index (χ2v) is 11.0. The number of nitrogens with zero attached hydrogens (tertiary/aromatic N) is 1. The first-order valence-corrected chi connectivity index (χ1v) is 12.2. The van der Waals surface area contributed by atoms with Crippen molar-refractivity contribution in [3.8, 4) is 0 Å². The lowest BCUT2D eigenvalue weighted by Gasteiger charge is -2.56. The summed E-state index contributed by atoms with van der Waals surface area (Å²) >= 11 is 12.1. The zero-order chi connectivity index (χ0) is 21.6. The molecule has 1 aromatic carbocycles. The number of hydrogen-bond donors (Lipinski definition) is 3. The molecule has 4 amide bonds. The molecule has 5 fully saturated rings. The van der Waals surface area contributed by atoms with Crippen LogP contribution >= 0.6 is 23.2 Å². The van der Waals surface area contributed by atoms with E-state index in [1.54, 1.807) is 23.1 Å². The van der Waals surface area contributed by atoms with Crippen molar-refractivity contribution in [2.45, 2.75) is 50.5 Å². The highest BCUT2D eigenvalue weighted by molar-refractivity contribution is 6.36. The van der Waals surface area contributed by atoms with Crippen LogP contribution in [0.25, 0.3) is 0 Å². The average molecular weight is 465 g/mol. The maximum absolute atomic E-state index is 12.7. The Balaban J connectivity index is 1.08. The molecule has 6 rings (SSSR count). The molecule has 6 nitrogen and oxygen atoms in total. The standard InChI is InChI=1S/C23H30Cl2N4O2/c24-18-1-2-20(19(25)8-18)27-22(31)29-4-3-14(13-29)12-26-21(30)28-23-9-15-5-16(10-23)7-17(6-15)11-23/h1-2,8,14-17H,3-7,9-13H2,(H,27,31)(H2,26,28,30). The molecule has 1 unspecified atom stereocenters. The van der Waals surface area contributed by atoms with E-state index in [0.717, 1.165) is 43.4 Å². The van der Waals surface area contributed by atoms with E-state index in [-0.39, 0.29) is 23.5 Å². The third-order valence-corrected chi connectivity index (χ3v) is 8.26. The zero-order valence-corrected chi connectivity index (χ0v) is 19.1. The molecular formula is C23H30Cl2N4O2. The fraction of sp³-hybridized carbons (Fsp3) is 0.652. The summed E-state index contributed by atoms with van der Waals surface area (Å²) in [5.74, 6) is 2.68. The van der Waals surface area contributed by atoms with E-state index < -0.39 is 0 Å². The van der Waals surface area contributed by atoms with E-state index in [9.17, 15) is 9.59 Å². The lowest BCUT2D eigenvalue weighted by molar-refractivity contribution is -0.0135. The van der Waals surface area contributed by atoms with Gasteiger partial charge >= 0.3 is 12.1 Å². The van der Waals surface area contributed by atoms with E-state index >= 15 is 0 Å². The van der Waals surface area contributed by atoms with Gasteiger partial charge in [0.1, 0.15) is 0 Å².